The van der Waals surface area contributed by atoms with Gasteiger partial charge in [-0.25, -0.2) is 9.50 Å². The monoisotopic (exact) mass is 829 g/mol. The summed E-state index contributed by atoms with van der Waals surface area (Å²) < 4.78 is 7.49. The van der Waals surface area contributed by atoms with Gasteiger partial charge in [-0.05, 0) is 75.0 Å². The number of hydrogen-bond donors (Lipinski definition) is 2. The summed E-state index contributed by atoms with van der Waals surface area (Å²) in [6.45, 7) is 12.8. The zero-order valence-electron chi connectivity index (χ0n) is 35.3. The minimum atomic E-state index is -0.689. The maximum absolute atomic E-state index is 13.4. The van der Waals surface area contributed by atoms with Gasteiger partial charge in [0.25, 0.3) is 0 Å². The molecule has 4 aliphatic heterocycles. The first-order valence-electron chi connectivity index (χ1n) is 21.4. The SMILES string of the molecule is CCOc1cc(-c2ccc(N3CCC(CN4CCN(C5CN(C(=O)Cc6ccc(C)c(CN(C=O)C7CCC(=O)NC7=O)c6)C5)CC4)(NC)CC3)nc2)c2c(C#N)cnn2c1. The first-order chi connectivity index (χ1) is 29.6. The molecule has 4 aromatic rings. The molecule has 0 radical (unpaired) electrons. The number of benzene rings is 1. The molecule has 1 unspecified atom stereocenters. The van der Waals surface area contributed by atoms with Crippen molar-refractivity contribution in [3.8, 4) is 22.9 Å². The van der Waals surface area contributed by atoms with Crippen LogP contribution in [-0.2, 0) is 32.1 Å². The Bertz CT molecular complexity index is 2300. The minimum absolute atomic E-state index is 0.0195. The predicted molar refractivity (Wildman–Crippen MR) is 229 cm³/mol. The number of fused-ring (bicyclic) bond motifs is 1. The molecule has 1 atom stereocenters. The van der Waals surface area contributed by atoms with Crippen molar-refractivity contribution in [1.82, 2.24) is 44.8 Å². The molecule has 16 nitrogen and oxygen atoms in total. The second-order valence-corrected chi connectivity index (χ2v) is 16.9. The first kappa shape index (κ1) is 41.8. The molecule has 1 aromatic carbocycles. The molecule has 4 aliphatic rings. The number of aryl methyl sites for hydroxylation is 1. The van der Waals surface area contributed by atoms with E-state index in [1.165, 1.54) is 4.90 Å². The van der Waals surface area contributed by atoms with E-state index in [-0.39, 0.29) is 36.7 Å². The summed E-state index contributed by atoms with van der Waals surface area (Å²) in [7, 11) is 2.08. The molecule has 4 amide bonds. The highest BCUT2D eigenvalue weighted by Gasteiger charge is 2.39. The van der Waals surface area contributed by atoms with Crippen LogP contribution in [0.15, 0.2) is 55.0 Å². The molecule has 0 aliphatic carbocycles. The largest absolute Gasteiger partial charge is 0.492 e. The smallest absolute Gasteiger partial charge is 0.249 e. The highest BCUT2D eigenvalue weighted by Crippen LogP contribution is 2.33. The number of nitrogens with one attached hydrogen (secondary N) is 2. The number of carbonyl (C=O) groups is 4. The van der Waals surface area contributed by atoms with Crippen molar-refractivity contribution < 1.29 is 23.9 Å². The fourth-order valence-electron chi connectivity index (χ4n) is 9.34. The number of carbonyl (C=O) groups excluding carboxylic acids is 4. The Hall–Kier alpha value is -5.89. The van der Waals surface area contributed by atoms with Crippen molar-refractivity contribution in [2.75, 3.05) is 77.5 Å². The summed E-state index contributed by atoms with van der Waals surface area (Å²) in [6.07, 6.45) is 8.71. The lowest BCUT2D eigenvalue weighted by Gasteiger charge is -2.50. The second kappa shape index (κ2) is 18.0. The Morgan fingerprint density at radius 3 is 2.54 bits per heavy atom. The van der Waals surface area contributed by atoms with Crippen LogP contribution < -0.4 is 20.3 Å². The maximum Gasteiger partial charge on any atom is 0.249 e. The van der Waals surface area contributed by atoms with E-state index in [2.05, 4.69) is 55.7 Å². The Morgan fingerprint density at radius 1 is 1.08 bits per heavy atom. The average Bonchev–Trinajstić information content (AvgIpc) is 3.67. The number of rotatable bonds is 14. The van der Waals surface area contributed by atoms with Crippen LogP contribution in [0.5, 0.6) is 5.75 Å². The lowest BCUT2D eigenvalue weighted by atomic mass is 9.86. The number of piperazine rings is 1. The molecule has 3 aromatic heterocycles. The highest BCUT2D eigenvalue weighted by molar-refractivity contribution is 6.00. The summed E-state index contributed by atoms with van der Waals surface area (Å²) in [6, 6.07) is 13.9. The third kappa shape index (κ3) is 8.95. The molecular formula is C45H55N11O5. The van der Waals surface area contributed by atoms with Gasteiger partial charge >= 0.3 is 0 Å². The van der Waals surface area contributed by atoms with Crippen molar-refractivity contribution in [2.45, 2.75) is 70.1 Å². The molecule has 61 heavy (non-hydrogen) atoms. The van der Waals surface area contributed by atoms with Crippen LogP contribution >= 0.6 is 0 Å². The van der Waals surface area contributed by atoms with Crippen molar-refractivity contribution in [1.29, 1.82) is 5.26 Å². The highest BCUT2D eigenvalue weighted by atomic mass is 16.5. The third-order valence-corrected chi connectivity index (χ3v) is 13.2. The van der Waals surface area contributed by atoms with E-state index in [9.17, 15) is 24.4 Å². The summed E-state index contributed by atoms with van der Waals surface area (Å²) in [5.41, 5.74) is 5.76. The van der Waals surface area contributed by atoms with Crippen LogP contribution in [0.2, 0.25) is 0 Å². The van der Waals surface area contributed by atoms with Crippen LogP contribution in [0.1, 0.15) is 54.9 Å². The molecule has 16 heteroatoms. The molecule has 8 rings (SSSR count). The molecule has 0 bridgehead atoms. The van der Waals surface area contributed by atoms with Gasteiger partial charge in [0, 0.05) is 101 Å². The number of nitriles is 1. The fourth-order valence-corrected chi connectivity index (χ4v) is 9.34. The summed E-state index contributed by atoms with van der Waals surface area (Å²) >= 11 is 0. The van der Waals surface area contributed by atoms with Gasteiger partial charge < -0.3 is 24.8 Å². The standard InChI is InChI=1S/C45H55N11O5/c1-4-61-37-21-38(43-35(22-46)24-49-56(43)28-37)33-7-9-40(48-23-33)53-13-11-45(47-3,12-14-53)29-51-15-17-52(18-16-51)36-26-54(27-36)42(59)20-32-6-5-31(2)34(19-32)25-55(30-57)39-8-10-41(58)50-44(39)60/h5-7,9,19,21,23-24,28,30,36,39,47H,4,8,10-18,20,25-27,29H2,1-3H3,(H,50,58,60). The van der Waals surface area contributed by atoms with E-state index in [4.69, 9.17) is 9.72 Å². The van der Waals surface area contributed by atoms with Gasteiger partial charge in [-0.1, -0.05) is 18.2 Å². The number of likely N-dealkylation sites (N-methyl/N-ethyl adjacent to an activating group) is 1. The topological polar surface area (TPSA) is 172 Å². The zero-order chi connectivity index (χ0) is 42.7. The Kier molecular flexibility index (Phi) is 12.3. The molecule has 320 valence electrons. The second-order valence-electron chi connectivity index (χ2n) is 16.9. The zero-order valence-corrected chi connectivity index (χ0v) is 35.3. The number of piperidine rings is 2. The Morgan fingerprint density at radius 2 is 1.87 bits per heavy atom. The van der Waals surface area contributed by atoms with Crippen molar-refractivity contribution in [3.05, 3.63) is 77.2 Å². The van der Waals surface area contributed by atoms with Gasteiger partial charge in [-0.3, -0.25) is 34.3 Å². The summed E-state index contributed by atoms with van der Waals surface area (Å²) in [5, 5.41) is 20.1. The van der Waals surface area contributed by atoms with Crippen molar-refractivity contribution >= 4 is 35.5 Å². The molecule has 0 saturated carbocycles. The van der Waals surface area contributed by atoms with E-state index in [1.54, 1.807) is 16.9 Å². The normalized spacial score (nSPS) is 19.9. The molecule has 0 spiro atoms. The first-order valence-corrected chi connectivity index (χ1v) is 21.4. The van der Waals surface area contributed by atoms with Gasteiger partial charge in [0.05, 0.1) is 36.5 Å². The number of aromatic nitrogens is 3. The number of amides is 4. The van der Waals surface area contributed by atoms with Gasteiger partial charge in [0.15, 0.2) is 0 Å². The lowest BCUT2D eigenvalue weighted by molar-refractivity contribution is -0.141. The summed E-state index contributed by atoms with van der Waals surface area (Å²) in [4.78, 5) is 65.1. The lowest BCUT2D eigenvalue weighted by Crippen LogP contribution is -2.66. The average molecular weight is 830 g/mol. The van der Waals surface area contributed by atoms with Crippen LogP contribution in [0.25, 0.3) is 16.6 Å². The molecule has 7 heterocycles. The van der Waals surface area contributed by atoms with Crippen molar-refractivity contribution in [2.24, 2.45) is 0 Å². The number of likely N-dealkylation sites (tertiary alicyclic amines) is 1. The van der Waals surface area contributed by atoms with E-state index in [1.807, 2.05) is 49.2 Å². The Balaban J connectivity index is 0.791. The molecule has 4 saturated heterocycles. The van der Waals surface area contributed by atoms with Crippen molar-refractivity contribution in [3.63, 3.8) is 0 Å². The number of anilines is 1. The van der Waals surface area contributed by atoms with E-state index in [0.717, 1.165) is 111 Å². The number of nitrogens with zero attached hydrogens (tertiary/aromatic N) is 9. The van der Waals surface area contributed by atoms with Crippen LogP contribution in [0, 0.1) is 18.3 Å². The quantitative estimate of drug-likeness (QED) is 0.141. The van der Waals surface area contributed by atoms with E-state index >= 15 is 0 Å². The van der Waals surface area contributed by atoms with Crippen LogP contribution in [0.3, 0.4) is 0 Å². The van der Waals surface area contributed by atoms with Gasteiger partial charge in [0.2, 0.25) is 24.1 Å². The van der Waals surface area contributed by atoms with Gasteiger partial charge in [-0.2, -0.15) is 10.4 Å². The van der Waals surface area contributed by atoms with Crippen LogP contribution in [0.4, 0.5) is 5.82 Å². The number of imide groups is 1. The number of hydrogen-bond acceptors (Lipinski definition) is 12. The number of ether oxygens (including phenoxy) is 1. The van der Waals surface area contributed by atoms with Gasteiger partial charge in [-0.15, -0.1) is 0 Å². The number of pyridine rings is 2. The van der Waals surface area contributed by atoms with Gasteiger partial charge in [0.1, 0.15) is 23.7 Å². The van der Waals surface area contributed by atoms with E-state index in [0.29, 0.717) is 36.8 Å². The Labute approximate surface area is 356 Å². The maximum atomic E-state index is 13.4. The van der Waals surface area contributed by atoms with Crippen LogP contribution in [-0.4, -0.2) is 149 Å². The fraction of sp³-hybridized carbons (Fsp3) is 0.489. The molecule has 4 fully saturated rings. The minimum Gasteiger partial charge on any atom is -0.492 e. The predicted octanol–water partition coefficient (Wildman–Crippen LogP) is 2.37. The van der Waals surface area contributed by atoms with E-state index < -0.39 is 11.9 Å². The summed E-state index contributed by atoms with van der Waals surface area (Å²) in [5.74, 6) is 0.952. The molecular weight excluding hydrogens is 775 g/mol. The third-order valence-electron chi connectivity index (χ3n) is 13.2. The molecule has 2 N–H and O–H groups in total.